The fourth-order valence-corrected chi connectivity index (χ4v) is 2.09. The molecule has 1 heterocycles. The van der Waals surface area contributed by atoms with E-state index in [2.05, 4.69) is 42.2 Å². The highest BCUT2D eigenvalue weighted by molar-refractivity contribution is 5.14. The summed E-state index contributed by atoms with van der Waals surface area (Å²) in [5.74, 6) is 0. The topological polar surface area (TPSA) is 12.5 Å². The van der Waals surface area contributed by atoms with Crippen LogP contribution in [-0.2, 0) is 11.3 Å². The molecule has 82 valence electrons. The van der Waals surface area contributed by atoms with Gasteiger partial charge >= 0.3 is 0 Å². The molecular formula is C13H19NO. The van der Waals surface area contributed by atoms with Gasteiger partial charge in [0.2, 0.25) is 0 Å². The van der Waals surface area contributed by atoms with Crippen LogP contribution in [0.1, 0.15) is 18.9 Å². The van der Waals surface area contributed by atoms with Crippen LogP contribution in [0.4, 0.5) is 0 Å². The number of morpholine rings is 1. The number of ether oxygens (including phenoxy) is 1. The van der Waals surface area contributed by atoms with Crippen LogP contribution in [-0.4, -0.2) is 30.7 Å². The van der Waals surface area contributed by atoms with Gasteiger partial charge in [-0.2, -0.15) is 0 Å². The van der Waals surface area contributed by atoms with Crippen molar-refractivity contribution >= 4 is 0 Å². The van der Waals surface area contributed by atoms with Crippen LogP contribution >= 0.6 is 0 Å². The van der Waals surface area contributed by atoms with Crippen LogP contribution in [0.2, 0.25) is 0 Å². The molecule has 1 aromatic carbocycles. The number of hydrogen-bond acceptors (Lipinski definition) is 2. The van der Waals surface area contributed by atoms with Gasteiger partial charge in [-0.25, -0.2) is 0 Å². The van der Waals surface area contributed by atoms with Crippen LogP contribution in [0.25, 0.3) is 0 Å². The van der Waals surface area contributed by atoms with Crippen molar-refractivity contribution in [1.29, 1.82) is 0 Å². The summed E-state index contributed by atoms with van der Waals surface area (Å²) < 4.78 is 5.50. The summed E-state index contributed by atoms with van der Waals surface area (Å²) in [6, 6.07) is 11.3. The van der Waals surface area contributed by atoms with E-state index in [1.54, 1.807) is 0 Å². The first-order valence-electron chi connectivity index (χ1n) is 5.76. The molecule has 1 aromatic rings. The standard InChI is InChI=1S/C13H19NO/c1-2-13-11-15-9-8-14(13)10-12-6-4-3-5-7-12/h3-7,13H,2,8-11H2,1H3/t13-/m1/s1. The second-order valence-corrected chi connectivity index (χ2v) is 4.09. The van der Waals surface area contributed by atoms with Crippen molar-refractivity contribution in [2.24, 2.45) is 0 Å². The normalized spacial score (nSPS) is 22.9. The van der Waals surface area contributed by atoms with E-state index in [9.17, 15) is 0 Å². The van der Waals surface area contributed by atoms with Crippen LogP contribution in [0, 0.1) is 0 Å². The van der Waals surface area contributed by atoms with Gasteiger partial charge in [-0.15, -0.1) is 0 Å². The molecule has 0 radical (unpaired) electrons. The number of benzene rings is 1. The molecule has 0 unspecified atom stereocenters. The van der Waals surface area contributed by atoms with Crippen LogP contribution in [0.3, 0.4) is 0 Å². The van der Waals surface area contributed by atoms with Crippen LogP contribution in [0.5, 0.6) is 0 Å². The zero-order valence-corrected chi connectivity index (χ0v) is 9.36. The molecule has 0 bridgehead atoms. The summed E-state index contributed by atoms with van der Waals surface area (Å²) in [4.78, 5) is 2.53. The quantitative estimate of drug-likeness (QED) is 0.750. The average molecular weight is 205 g/mol. The summed E-state index contributed by atoms with van der Waals surface area (Å²) in [6.45, 7) is 6.13. The number of nitrogens with zero attached hydrogens (tertiary/aromatic N) is 1. The third kappa shape index (κ3) is 2.80. The van der Waals surface area contributed by atoms with Gasteiger partial charge in [0.05, 0.1) is 13.2 Å². The van der Waals surface area contributed by atoms with Gasteiger partial charge in [0.15, 0.2) is 0 Å². The lowest BCUT2D eigenvalue weighted by Gasteiger charge is -2.35. The molecule has 0 amide bonds. The highest BCUT2D eigenvalue weighted by atomic mass is 16.5. The molecule has 2 nitrogen and oxygen atoms in total. The maximum absolute atomic E-state index is 5.50. The van der Waals surface area contributed by atoms with E-state index in [0.29, 0.717) is 6.04 Å². The molecule has 0 aliphatic carbocycles. The van der Waals surface area contributed by atoms with E-state index in [1.807, 2.05) is 0 Å². The van der Waals surface area contributed by atoms with Crippen LogP contribution < -0.4 is 0 Å². The minimum atomic E-state index is 0.596. The van der Waals surface area contributed by atoms with Gasteiger partial charge in [0.1, 0.15) is 0 Å². The Hall–Kier alpha value is -0.860. The minimum absolute atomic E-state index is 0.596. The summed E-state index contributed by atoms with van der Waals surface area (Å²) in [7, 11) is 0. The van der Waals surface area contributed by atoms with Gasteiger partial charge in [-0.1, -0.05) is 37.3 Å². The van der Waals surface area contributed by atoms with E-state index < -0.39 is 0 Å². The first-order valence-corrected chi connectivity index (χ1v) is 5.76. The van der Waals surface area contributed by atoms with Crippen molar-refractivity contribution in [1.82, 2.24) is 4.90 Å². The number of rotatable bonds is 3. The van der Waals surface area contributed by atoms with E-state index in [4.69, 9.17) is 4.74 Å². The Labute approximate surface area is 91.9 Å². The second kappa shape index (κ2) is 5.29. The van der Waals surface area contributed by atoms with Crippen molar-refractivity contribution in [3.05, 3.63) is 35.9 Å². The first kappa shape index (κ1) is 10.7. The average Bonchev–Trinajstić information content (AvgIpc) is 2.31. The third-order valence-corrected chi connectivity index (χ3v) is 3.05. The number of hydrogen-bond donors (Lipinski definition) is 0. The molecular weight excluding hydrogens is 186 g/mol. The van der Waals surface area contributed by atoms with E-state index in [-0.39, 0.29) is 0 Å². The predicted molar refractivity (Wildman–Crippen MR) is 61.8 cm³/mol. The molecule has 0 spiro atoms. The summed E-state index contributed by atoms with van der Waals surface area (Å²) >= 11 is 0. The molecule has 1 saturated heterocycles. The van der Waals surface area contributed by atoms with Crippen molar-refractivity contribution < 1.29 is 4.74 Å². The first-order chi connectivity index (χ1) is 7.40. The lowest BCUT2D eigenvalue weighted by Crippen LogP contribution is -2.44. The monoisotopic (exact) mass is 205 g/mol. The Morgan fingerprint density at radius 2 is 2.13 bits per heavy atom. The van der Waals surface area contributed by atoms with Gasteiger partial charge in [0.25, 0.3) is 0 Å². The zero-order chi connectivity index (χ0) is 10.5. The minimum Gasteiger partial charge on any atom is -0.378 e. The van der Waals surface area contributed by atoms with E-state index in [1.165, 1.54) is 12.0 Å². The van der Waals surface area contributed by atoms with Gasteiger partial charge < -0.3 is 4.74 Å². The molecule has 2 rings (SSSR count). The van der Waals surface area contributed by atoms with Crippen LogP contribution in [0.15, 0.2) is 30.3 Å². The Balaban J connectivity index is 1.97. The van der Waals surface area contributed by atoms with Gasteiger partial charge in [-0.3, -0.25) is 4.90 Å². The predicted octanol–water partition coefficient (Wildman–Crippen LogP) is 2.30. The van der Waals surface area contributed by atoms with Gasteiger partial charge in [0, 0.05) is 19.1 Å². The molecule has 1 aliphatic heterocycles. The Morgan fingerprint density at radius 3 is 2.87 bits per heavy atom. The molecule has 1 aliphatic rings. The summed E-state index contributed by atoms with van der Waals surface area (Å²) in [5, 5.41) is 0. The fraction of sp³-hybridized carbons (Fsp3) is 0.538. The Morgan fingerprint density at radius 1 is 1.33 bits per heavy atom. The Bertz CT molecular complexity index is 286. The Kier molecular flexibility index (Phi) is 3.75. The largest absolute Gasteiger partial charge is 0.378 e. The summed E-state index contributed by atoms with van der Waals surface area (Å²) in [5.41, 5.74) is 1.40. The lowest BCUT2D eigenvalue weighted by atomic mass is 10.1. The lowest BCUT2D eigenvalue weighted by molar-refractivity contribution is -0.0127. The van der Waals surface area contributed by atoms with Crippen molar-refractivity contribution in [3.63, 3.8) is 0 Å². The maximum atomic E-state index is 5.50. The molecule has 0 saturated carbocycles. The molecule has 1 fully saturated rings. The van der Waals surface area contributed by atoms with E-state index in [0.717, 1.165) is 26.3 Å². The van der Waals surface area contributed by atoms with Crippen molar-refractivity contribution in [2.45, 2.75) is 25.9 Å². The SMILES string of the molecule is CC[C@@H]1COCCN1Cc1ccccc1. The van der Waals surface area contributed by atoms with E-state index >= 15 is 0 Å². The fourth-order valence-electron chi connectivity index (χ4n) is 2.09. The summed E-state index contributed by atoms with van der Waals surface area (Å²) in [6.07, 6.45) is 1.17. The second-order valence-electron chi connectivity index (χ2n) is 4.09. The third-order valence-electron chi connectivity index (χ3n) is 3.05. The molecule has 1 atom stereocenters. The highest BCUT2D eigenvalue weighted by Gasteiger charge is 2.20. The molecule has 2 heteroatoms. The van der Waals surface area contributed by atoms with Crippen molar-refractivity contribution in [3.8, 4) is 0 Å². The molecule has 0 N–H and O–H groups in total. The highest BCUT2D eigenvalue weighted by Crippen LogP contribution is 2.14. The maximum Gasteiger partial charge on any atom is 0.0622 e. The van der Waals surface area contributed by atoms with Crippen molar-refractivity contribution in [2.75, 3.05) is 19.8 Å². The smallest absolute Gasteiger partial charge is 0.0622 e. The van der Waals surface area contributed by atoms with Gasteiger partial charge in [-0.05, 0) is 12.0 Å². The molecule has 15 heavy (non-hydrogen) atoms. The molecule has 0 aromatic heterocycles. The zero-order valence-electron chi connectivity index (χ0n) is 9.36.